The lowest BCUT2D eigenvalue weighted by Crippen LogP contribution is -2.04. The lowest BCUT2D eigenvalue weighted by atomic mass is 10.0. The largest absolute Gasteiger partial charge is 0.388 e. The molecule has 1 atom stereocenters. The predicted molar refractivity (Wildman–Crippen MR) is 75.6 cm³/mol. The molecule has 18 heavy (non-hydrogen) atoms. The zero-order chi connectivity index (χ0) is 13.1. The van der Waals surface area contributed by atoms with E-state index in [4.69, 9.17) is 11.6 Å². The molecule has 1 heterocycles. The number of hydrogen-bond donors (Lipinski definition) is 1. The molecular weight excluding hydrogens is 316 g/mol. The number of hydrogen-bond acceptors (Lipinski definition) is 2. The third kappa shape index (κ3) is 3.13. The van der Waals surface area contributed by atoms with Crippen molar-refractivity contribution in [3.8, 4) is 0 Å². The highest BCUT2D eigenvalue weighted by Crippen LogP contribution is 2.29. The van der Waals surface area contributed by atoms with E-state index >= 15 is 0 Å². The molecule has 1 N–H and O–H groups in total. The van der Waals surface area contributed by atoms with E-state index in [-0.39, 0.29) is 0 Å². The van der Waals surface area contributed by atoms with Crippen LogP contribution in [-0.4, -0.2) is 14.9 Å². The van der Waals surface area contributed by atoms with E-state index in [9.17, 15) is 5.11 Å². The fraction of sp³-hybridized carbons (Fsp3) is 0.308. The molecule has 1 aromatic heterocycles. The van der Waals surface area contributed by atoms with Crippen LogP contribution in [0.2, 0.25) is 5.02 Å². The van der Waals surface area contributed by atoms with Gasteiger partial charge in [0.1, 0.15) is 0 Å². The zero-order valence-electron chi connectivity index (χ0n) is 9.98. The Morgan fingerprint density at radius 1 is 1.44 bits per heavy atom. The molecule has 96 valence electrons. The van der Waals surface area contributed by atoms with E-state index in [2.05, 4.69) is 21.0 Å². The minimum absolute atomic E-state index is 0.565. The van der Waals surface area contributed by atoms with Crippen LogP contribution >= 0.6 is 27.5 Å². The number of nitrogens with zero attached hydrogens (tertiary/aromatic N) is 2. The summed E-state index contributed by atoms with van der Waals surface area (Å²) in [6.45, 7) is 0. The van der Waals surface area contributed by atoms with Crippen molar-refractivity contribution in [2.75, 3.05) is 0 Å². The molecule has 0 saturated carbocycles. The average molecular weight is 330 g/mol. The maximum atomic E-state index is 10.2. The zero-order valence-corrected chi connectivity index (χ0v) is 12.3. The van der Waals surface area contributed by atoms with Crippen LogP contribution in [0, 0.1) is 0 Å². The highest BCUT2D eigenvalue weighted by atomic mass is 79.9. The van der Waals surface area contributed by atoms with Crippen molar-refractivity contribution in [3.05, 3.63) is 51.2 Å². The Morgan fingerprint density at radius 3 is 2.89 bits per heavy atom. The van der Waals surface area contributed by atoms with Gasteiger partial charge in [-0.15, -0.1) is 0 Å². The smallest absolute Gasteiger partial charge is 0.0808 e. The van der Waals surface area contributed by atoms with Gasteiger partial charge in [-0.2, -0.15) is 5.10 Å². The van der Waals surface area contributed by atoms with Crippen LogP contribution in [0.15, 0.2) is 34.9 Å². The lowest BCUT2D eigenvalue weighted by molar-refractivity contribution is 0.167. The Kier molecular flexibility index (Phi) is 4.43. The first-order valence-electron chi connectivity index (χ1n) is 5.68. The van der Waals surface area contributed by atoms with E-state index in [0.717, 1.165) is 22.2 Å². The molecule has 0 fully saturated rings. The second-order valence-corrected chi connectivity index (χ2v) is 5.49. The molecule has 0 radical (unpaired) electrons. The molecule has 1 unspecified atom stereocenters. The topological polar surface area (TPSA) is 38.0 Å². The fourth-order valence-electron chi connectivity index (χ4n) is 1.86. The molecule has 0 spiro atoms. The highest BCUT2D eigenvalue weighted by Gasteiger charge is 2.13. The summed E-state index contributed by atoms with van der Waals surface area (Å²) < 4.78 is 2.73. The first-order valence-corrected chi connectivity index (χ1v) is 6.85. The van der Waals surface area contributed by atoms with E-state index in [1.165, 1.54) is 0 Å². The maximum absolute atomic E-state index is 10.2. The number of aliphatic hydroxyl groups is 1. The molecular formula is C13H14BrClN2O. The van der Waals surface area contributed by atoms with Crippen LogP contribution in [0.1, 0.15) is 23.8 Å². The summed E-state index contributed by atoms with van der Waals surface area (Å²) in [6.07, 6.45) is 2.58. The van der Waals surface area contributed by atoms with Crippen LogP contribution in [0.25, 0.3) is 0 Å². The number of aryl methyl sites for hydroxylation is 2. The average Bonchev–Trinajstić information content (AvgIpc) is 2.75. The van der Waals surface area contributed by atoms with Crippen molar-refractivity contribution in [2.45, 2.75) is 18.9 Å². The molecule has 2 aromatic rings. The van der Waals surface area contributed by atoms with Gasteiger partial charge in [0, 0.05) is 34.0 Å². The standard InChI is InChI=1S/C13H14BrClN2O/c1-17-10(6-7-16-17)3-5-13(18)11-8-9(14)2-4-12(11)15/h2,4,6-8,13,18H,3,5H2,1H3. The molecule has 0 aliphatic rings. The van der Waals surface area contributed by atoms with Gasteiger partial charge in [0.05, 0.1) is 6.10 Å². The van der Waals surface area contributed by atoms with Crippen molar-refractivity contribution in [1.82, 2.24) is 9.78 Å². The van der Waals surface area contributed by atoms with Crippen LogP contribution in [0.5, 0.6) is 0 Å². The first kappa shape index (κ1) is 13.6. The molecule has 1 aromatic carbocycles. The maximum Gasteiger partial charge on any atom is 0.0808 e. The number of aliphatic hydroxyl groups excluding tert-OH is 1. The number of aromatic nitrogens is 2. The quantitative estimate of drug-likeness (QED) is 0.932. The molecule has 3 nitrogen and oxygen atoms in total. The van der Waals surface area contributed by atoms with Gasteiger partial charge in [0.15, 0.2) is 0 Å². The second-order valence-electron chi connectivity index (χ2n) is 4.17. The minimum Gasteiger partial charge on any atom is -0.388 e. The SMILES string of the molecule is Cn1nccc1CCC(O)c1cc(Br)ccc1Cl. The Morgan fingerprint density at radius 2 is 2.22 bits per heavy atom. The summed E-state index contributed by atoms with van der Waals surface area (Å²) in [5, 5.41) is 14.9. The third-order valence-corrected chi connectivity index (χ3v) is 3.75. The summed E-state index contributed by atoms with van der Waals surface area (Å²) >= 11 is 9.47. The van der Waals surface area contributed by atoms with Crippen LogP contribution in [0.4, 0.5) is 0 Å². The Labute approximate surface area is 120 Å². The van der Waals surface area contributed by atoms with E-state index in [1.54, 1.807) is 12.3 Å². The molecule has 0 aliphatic heterocycles. The number of rotatable bonds is 4. The van der Waals surface area contributed by atoms with E-state index in [1.807, 2.05) is 29.9 Å². The Hall–Kier alpha value is -0.840. The third-order valence-electron chi connectivity index (χ3n) is 2.91. The summed E-state index contributed by atoms with van der Waals surface area (Å²) in [4.78, 5) is 0. The van der Waals surface area contributed by atoms with Gasteiger partial charge in [0.25, 0.3) is 0 Å². The van der Waals surface area contributed by atoms with Crippen LogP contribution < -0.4 is 0 Å². The highest BCUT2D eigenvalue weighted by molar-refractivity contribution is 9.10. The van der Waals surface area contributed by atoms with Crippen molar-refractivity contribution in [3.63, 3.8) is 0 Å². The van der Waals surface area contributed by atoms with Crippen molar-refractivity contribution >= 4 is 27.5 Å². The monoisotopic (exact) mass is 328 g/mol. The van der Waals surface area contributed by atoms with Crippen LogP contribution in [0.3, 0.4) is 0 Å². The number of benzene rings is 1. The van der Waals surface area contributed by atoms with Gasteiger partial charge in [0.2, 0.25) is 0 Å². The second kappa shape index (κ2) is 5.87. The Balaban J connectivity index is 2.06. The molecule has 0 amide bonds. The van der Waals surface area contributed by atoms with Crippen LogP contribution in [-0.2, 0) is 13.5 Å². The molecule has 0 saturated heterocycles. The summed E-state index contributed by atoms with van der Waals surface area (Å²) in [6, 6.07) is 7.46. The fourth-order valence-corrected chi connectivity index (χ4v) is 2.48. The molecule has 2 rings (SSSR count). The van der Waals surface area contributed by atoms with Gasteiger partial charge in [-0.1, -0.05) is 27.5 Å². The van der Waals surface area contributed by atoms with E-state index in [0.29, 0.717) is 11.4 Å². The molecule has 5 heteroatoms. The predicted octanol–water partition coefficient (Wildman–Crippen LogP) is 3.50. The van der Waals surface area contributed by atoms with Crippen molar-refractivity contribution in [1.29, 1.82) is 0 Å². The number of halogens is 2. The van der Waals surface area contributed by atoms with Gasteiger partial charge in [-0.05, 0) is 37.1 Å². The van der Waals surface area contributed by atoms with Crippen molar-refractivity contribution in [2.24, 2.45) is 7.05 Å². The minimum atomic E-state index is -0.565. The van der Waals surface area contributed by atoms with E-state index < -0.39 is 6.10 Å². The summed E-state index contributed by atoms with van der Waals surface area (Å²) in [5.74, 6) is 0. The van der Waals surface area contributed by atoms with Crippen molar-refractivity contribution < 1.29 is 5.11 Å². The van der Waals surface area contributed by atoms with Gasteiger partial charge in [-0.3, -0.25) is 4.68 Å². The molecule has 0 bridgehead atoms. The summed E-state index contributed by atoms with van der Waals surface area (Å²) in [5.41, 5.74) is 1.85. The van der Waals surface area contributed by atoms with Gasteiger partial charge >= 0.3 is 0 Å². The summed E-state index contributed by atoms with van der Waals surface area (Å²) in [7, 11) is 1.90. The first-order chi connectivity index (χ1) is 8.58. The Bertz CT molecular complexity index is 542. The normalized spacial score (nSPS) is 12.7. The van der Waals surface area contributed by atoms with Gasteiger partial charge in [-0.25, -0.2) is 0 Å². The lowest BCUT2D eigenvalue weighted by Gasteiger charge is -2.13. The molecule has 0 aliphatic carbocycles. The van der Waals surface area contributed by atoms with Gasteiger partial charge < -0.3 is 5.11 Å².